The first-order valence-corrected chi connectivity index (χ1v) is 9.92. The monoisotopic (exact) mass is 410 g/mol. The quantitative estimate of drug-likeness (QED) is 0.819. The molecule has 1 saturated heterocycles. The number of benzene rings is 2. The van der Waals surface area contributed by atoms with Gasteiger partial charge in [-0.3, -0.25) is 4.72 Å². The van der Waals surface area contributed by atoms with E-state index in [-0.39, 0.29) is 11.0 Å². The van der Waals surface area contributed by atoms with E-state index in [4.69, 9.17) is 4.74 Å². The molecular weight excluding hydrogens is 392 g/mol. The number of nitrogens with one attached hydrogen (secondary N) is 1. The van der Waals surface area contributed by atoms with E-state index in [1.807, 2.05) is 12.1 Å². The van der Waals surface area contributed by atoms with Gasteiger partial charge in [-0.15, -0.1) is 0 Å². The lowest BCUT2D eigenvalue weighted by Gasteiger charge is -2.19. The second kappa shape index (κ2) is 7.13. The number of rotatable bonds is 5. The van der Waals surface area contributed by atoms with Gasteiger partial charge in [-0.05, 0) is 58.7 Å². The average molecular weight is 411 g/mol. The van der Waals surface area contributed by atoms with Gasteiger partial charge in [0.25, 0.3) is 10.0 Å². The summed E-state index contributed by atoms with van der Waals surface area (Å²) in [7, 11) is -1.89. The number of nitrogens with zero attached hydrogens (tertiary/aromatic N) is 1. The Morgan fingerprint density at radius 3 is 2.50 bits per heavy atom. The molecule has 1 aliphatic rings. The first-order valence-electron chi connectivity index (χ1n) is 7.65. The molecule has 1 atom stereocenters. The second-order valence-corrected chi connectivity index (χ2v) is 8.18. The van der Waals surface area contributed by atoms with Crippen LogP contribution in [0.1, 0.15) is 6.42 Å². The lowest BCUT2D eigenvalue weighted by atomic mass is 10.2. The third kappa shape index (κ3) is 3.74. The largest absolute Gasteiger partial charge is 0.380 e. The molecule has 128 valence electrons. The van der Waals surface area contributed by atoms with Gasteiger partial charge in [-0.25, -0.2) is 8.42 Å². The molecule has 0 radical (unpaired) electrons. The second-order valence-electron chi connectivity index (χ2n) is 5.68. The van der Waals surface area contributed by atoms with Crippen LogP contribution < -0.4 is 9.62 Å². The number of hydrogen-bond donors (Lipinski definition) is 1. The van der Waals surface area contributed by atoms with E-state index in [2.05, 4.69) is 25.6 Å². The first kappa shape index (κ1) is 17.3. The maximum atomic E-state index is 12.5. The van der Waals surface area contributed by atoms with Crippen molar-refractivity contribution in [3.63, 3.8) is 0 Å². The number of anilines is 2. The first-order chi connectivity index (χ1) is 11.5. The number of hydrogen-bond acceptors (Lipinski definition) is 4. The Bertz CT molecular complexity index is 809. The number of halogens is 1. The summed E-state index contributed by atoms with van der Waals surface area (Å²) in [6.07, 6.45) is 1.27. The van der Waals surface area contributed by atoms with Crippen molar-refractivity contribution in [2.75, 3.05) is 29.8 Å². The topological polar surface area (TPSA) is 58.6 Å². The molecule has 0 amide bonds. The maximum Gasteiger partial charge on any atom is 0.263 e. The standard InChI is InChI=1S/C17H19BrN2O3S/c1-23-15-10-11-20(12-15)14-8-6-13(7-9-14)19-24(21,22)17-5-3-2-4-16(17)18/h2-9,15,19H,10-12H2,1H3/t15-/m1/s1. The minimum atomic E-state index is -3.62. The summed E-state index contributed by atoms with van der Waals surface area (Å²) in [5, 5.41) is 0. The molecule has 1 aliphatic heterocycles. The Morgan fingerprint density at radius 1 is 1.17 bits per heavy atom. The van der Waals surface area contributed by atoms with Gasteiger partial charge in [0.05, 0.1) is 6.10 Å². The Balaban J connectivity index is 1.74. The Kier molecular flexibility index (Phi) is 5.12. The normalized spacial score (nSPS) is 17.9. The Hall–Kier alpha value is -1.57. The Labute approximate surface area is 150 Å². The highest BCUT2D eigenvalue weighted by atomic mass is 79.9. The Morgan fingerprint density at radius 2 is 1.88 bits per heavy atom. The van der Waals surface area contributed by atoms with Gasteiger partial charge in [-0.1, -0.05) is 12.1 Å². The van der Waals surface area contributed by atoms with Crippen LogP contribution in [0.3, 0.4) is 0 Å². The molecule has 0 spiro atoms. The zero-order valence-corrected chi connectivity index (χ0v) is 15.7. The molecule has 1 fully saturated rings. The molecule has 1 heterocycles. The van der Waals surface area contributed by atoms with E-state index in [9.17, 15) is 8.42 Å². The fourth-order valence-corrected chi connectivity index (χ4v) is 4.83. The van der Waals surface area contributed by atoms with Crippen LogP contribution in [0.5, 0.6) is 0 Å². The third-order valence-corrected chi connectivity index (χ3v) is 6.48. The lowest BCUT2D eigenvalue weighted by Crippen LogP contribution is -2.22. The molecule has 0 aliphatic carbocycles. The van der Waals surface area contributed by atoms with Crippen LogP contribution in [0.25, 0.3) is 0 Å². The van der Waals surface area contributed by atoms with E-state index in [0.717, 1.165) is 25.2 Å². The number of methoxy groups -OCH3 is 1. The zero-order valence-electron chi connectivity index (χ0n) is 13.3. The number of ether oxygens (including phenoxy) is 1. The van der Waals surface area contributed by atoms with Gasteiger partial charge < -0.3 is 9.64 Å². The van der Waals surface area contributed by atoms with E-state index < -0.39 is 10.0 Å². The molecule has 0 bridgehead atoms. The predicted octanol–water partition coefficient (Wildman–Crippen LogP) is 3.48. The smallest absolute Gasteiger partial charge is 0.263 e. The predicted molar refractivity (Wildman–Crippen MR) is 99.0 cm³/mol. The molecule has 0 saturated carbocycles. The van der Waals surface area contributed by atoms with E-state index >= 15 is 0 Å². The summed E-state index contributed by atoms with van der Waals surface area (Å²) in [6, 6.07) is 14.2. The van der Waals surface area contributed by atoms with Crippen molar-refractivity contribution in [3.8, 4) is 0 Å². The summed E-state index contributed by atoms with van der Waals surface area (Å²) >= 11 is 3.28. The van der Waals surface area contributed by atoms with E-state index in [0.29, 0.717) is 10.2 Å². The number of sulfonamides is 1. The molecule has 3 rings (SSSR count). The molecule has 0 unspecified atom stereocenters. The van der Waals surface area contributed by atoms with Crippen molar-refractivity contribution in [1.29, 1.82) is 0 Å². The minimum Gasteiger partial charge on any atom is -0.380 e. The highest BCUT2D eigenvalue weighted by molar-refractivity contribution is 9.10. The van der Waals surface area contributed by atoms with Crippen molar-refractivity contribution < 1.29 is 13.2 Å². The summed E-state index contributed by atoms with van der Waals surface area (Å²) < 4.78 is 33.5. The SMILES string of the molecule is CO[C@@H]1CCN(c2ccc(NS(=O)(=O)c3ccccc3Br)cc2)C1. The van der Waals surface area contributed by atoms with Crippen LogP contribution in [-0.4, -0.2) is 34.7 Å². The molecule has 5 nitrogen and oxygen atoms in total. The average Bonchev–Trinajstić information content (AvgIpc) is 3.04. The molecule has 2 aromatic rings. The van der Waals surface area contributed by atoms with Crippen LogP contribution in [0.2, 0.25) is 0 Å². The van der Waals surface area contributed by atoms with Gasteiger partial charge >= 0.3 is 0 Å². The molecular formula is C17H19BrN2O3S. The van der Waals surface area contributed by atoms with Crippen molar-refractivity contribution >= 4 is 37.3 Å². The van der Waals surface area contributed by atoms with Crippen LogP contribution >= 0.6 is 15.9 Å². The fourth-order valence-electron chi connectivity index (χ4n) is 2.77. The van der Waals surface area contributed by atoms with Crippen molar-refractivity contribution in [1.82, 2.24) is 0 Å². The summed E-state index contributed by atoms with van der Waals surface area (Å²) in [4.78, 5) is 2.46. The van der Waals surface area contributed by atoms with E-state index in [1.165, 1.54) is 0 Å². The zero-order chi connectivity index (χ0) is 17.2. The van der Waals surface area contributed by atoms with Gasteiger partial charge in [0.1, 0.15) is 4.90 Å². The third-order valence-electron chi connectivity index (χ3n) is 4.09. The van der Waals surface area contributed by atoms with Gasteiger partial charge in [0.15, 0.2) is 0 Å². The highest BCUT2D eigenvalue weighted by Gasteiger charge is 2.22. The van der Waals surface area contributed by atoms with Crippen LogP contribution in [0.15, 0.2) is 57.9 Å². The summed E-state index contributed by atoms with van der Waals surface area (Å²) in [5.41, 5.74) is 1.61. The van der Waals surface area contributed by atoms with Crippen molar-refractivity contribution in [3.05, 3.63) is 53.0 Å². The van der Waals surface area contributed by atoms with Crippen molar-refractivity contribution in [2.24, 2.45) is 0 Å². The van der Waals surface area contributed by atoms with Gasteiger partial charge in [-0.2, -0.15) is 0 Å². The molecule has 1 N–H and O–H groups in total. The maximum absolute atomic E-state index is 12.5. The fraction of sp³-hybridized carbons (Fsp3) is 0.294. The van der Waals surface area contributed by atoms with E-state index in [1.54, 1.807) is 43.5 Å². The molecule has 7 heteroatoms. The molecule has 0 aromatic heterocycles. The summed E-state index contributed by atoms with van der Waals surface area (Å²) in [6.45, 7) is 1.80. The van der Waals surface area contributed by atoms with Crippen molar-refractivity contribution in [2.45, 2.75) is 17.4 Å². The molecule has 24 heavy (non-hydrogen) atoms. The highest BCUT2D eigenvalue weighted by Crippen LogP contribution is 2.26. The molecule has 2 aromatic carbocycles. The van der Waals surface area contributed by atoms with Crippen LogP contribution in [0, 0.1) is 0 Å². The lowest BCUT2D eigenvalue weighted by molar-refractivity contribution is 0.121. The van der Waals surface area contributed by atoms with Crippen LogP contribution in [-0.2, 0) is 14.8 Å². The summed E-state index contributed by atoms with van der Waals surface area (Å²) in [5.74, 6) is 0. The van der Waals surface area contributed by atoms with Gasteiger partial charge in [0, 0.05) is 36.0 Å². The van der Waals surface area contributed by atoms with Crippen LogP contribution in [0.4, 0.5) is 11.4 Å². The minimum absolute atomic E-state index is 0.219. The van der Waals surface area contributed by atoms with Gasteiger partial charge in [0.2, 0.25) is 0 Å².